The molecule has 0 saturated heterocycles. The van der Waals surface area contributed by atoms with Gasteiger partial charge in [0.25, 0.3) is 0 Å². The van der Waals surface area contributed by atoms with Crippen molar-refractivity contribution in [2.24, 2.45) is 5.73 Å². The fraction of sp³-hybridized carbons (Fsp3) is 0.909. The number of hydrogen-bond acceptors (Lipinski definition) is 3. The molecule has 0 spiro atoms. The van der Waals surface area contributed by atoms with Crippen LogP contribution in [0.4, 0.5) is 0 Å². The van der Waals surface area contributed by atoms with Crippen LogP contribution in [0.5, 0.6) is 0 Å². The summed E-state index contributed by atoms with van der Waals surface area (Å²) in [6.45, 7) is 5.51. The van der Waals surface area contributed by atoms with Crippen LogP contribution >= 0.6 is 0 Å². The number of amides is 1. The Hall–Kier alpha value is -0.610. The van der Waals surface area contributed by atoms with Crippen LogP contribution in [0, 0.1) is 0 Å². The van der Waals surface area contributed by atoms with Gasteiger partial charge in [-0.1, -0.05) is 6.92 Å². The lowest BCUT2D eigenvalue weighted by Crippen LogP contribution is -2.59. The maximum absolute atomic E-state index is 11.4. The molecule has 1 fully saturated rings. The summed E-state index contributed by atoms with van der Waals surface area (Å²) in [4.78, 5) is 13.7. The Morgan fingerprint density at radius 1 is 1.60 bits per heavy atom. The zero-order valence-corrected chi connectivity index (χ0v) is 10.0. The first kappa shape index (κ1) is 12.5. The third-order valence-corrected chi connectivity index (χ3v) is 3.04. The Labute approximate surface area is 92.2 Å². The van der Waals surface area contributed by atoms with Crippen LogP contribution in [-0.4, -0.2) is 42.5 Å². The van der Waals surface area contributed by atoms with Crippen LogP contribution in [-0.2, 0) is 4.79 Å². The maximum atomic E-state index is 11.4. The minimum absolute atomic E-state index is 0.261. The molecule has 1 amide bonds. The van der Waals surface area contributed by atoms with Crippen LogP contribution in [0.2, 0.25) is 0 Å². The van der Waals surface area contributed by atoms with Crippen molar-refractivity contribution in [3.8, 4) is 0 Å². The van der Waals surface area contributed by atoms with E-state index in [1.54, 1.807) is 0 Å². The number of primary amides is 1. The van der Waals surface area contributed by atoms with Gasteiger partial charge in [0.1, 0.15) is 5.54 Å². The van der Waals surface area contributed by atoms with E-state index in [9.17, 15) is 4.79 Å². The molecule has 1 rings (SSSR count). The third kappa shape index (κ3) is 3.47. The summed E-state index contributed by atoms with van der Waals surface area (Å²) >= 11 is 0. The Morgan fingerprint density at radius 2 is 2.20 bits per heavy atom. The number of carbonyl (C=O) groups is 1. The fourth-order valence-electron chi connectivity index (χ4n) is 1.77. The van der Waals surface area contributed by atoms with Gasteiger partial charge in [0, 0.05) is 12.6 Å². The molecule has 88 valence electrons. The smallest absolute Gasteiger partial charge is 0.238 e. The number of rotatable bonds is 7. The molecule has 1 saturated carbocycles. The van der Waals surface area contributed by atoms with Crippen molar-refractivity contribution in [1.29, 1.82) is 0 Å². The average Bonchev–Trinajstić information content (AvgIpc) is 2.97. The van der Waals surface area contributed by atoms with E-state index in [0.29, 0.717) is 12.6 Å². The van der Waals surface area contributed by atoms with E-state index in [1.165, 1.54) is 12.8 Å². The van der Waals surface area contributed by atoms with Crippen molar-refractivity contribution >= 4 is 5.91 Å². The van der Waals surface area contributed by atoms with E-state index in [2.05, 4.69) is 24.2 Å². The van der Waals surface area contributed by atoms with Gasteiger partial charge < -0.3 is 16.0 Å². The number of hydrogen-bond donors (Lipinski definition) is 2. The zero-order valence-electron chi connectivity index (χ0n) is 10.0. The highest BCUT2D eigenvalue weighted by Crippen LogP contribution is 2.26. The van der Waals surface area contributed by atoms with E-state index in [-0.39, 0.29) is 5.91 Å². The highest BCUT2D eigenvalue weighted by Gasteiger charge is 2.36. The molecule has 0 aliphatic heterocycles. The van der Waals surface area contributed by atoms with Crippen molar-refractivity contribution in [2.75, 3.05) is 20.1 Å². The summed E-state index contributed by atoms with van der Waals surface area (Å²) in [6, 6.07) is 0.659. The Kier molecular flexibility index (Phi) is 4.11. The van der Waals surface area contributed by atoms with Crippen molar-refractivity contribution in [3.05, 3.63) is 0 Å². The molecule has 0 aromatic rings. The molecule has 15 heavy (non-hydrogen) atoms. The lowest BCUT2D eigenvalue weighted by Gasteiger charge is -2.32. The van der Waals surface area contributed by atoms with Crippen LogP contribution in [0.3, 0.4) is 0 Å². The largest absolute Gasteiger partial charge is 0.368 e. The lowest BCUT2D eigenvalue weighted by atomic mass is 10.0. The van der Waals surface area contributed by atoms with Crippen molar-refractivity contribution in [1.82, 2.24) is 10.2 Å². The Bertz CT molecular complexity index is 228. The van der Waals surface area contributed by atoms with Crippen molar-refractivity contribution in [2.45, 2.75) is 44.7 Å². The van der Waals surface area contributed by atoms with E-state index in [1.807, 2.05) is 6.92 Å². The Balaban J connectivity index is 2.50. The first-order valence-corrected chi connectivity index (χ1v) is 5.75. The second-order valence-corrected chi connectivity index (χ2v) is 4.77. The molecule has 0 aromatic carbocycles. The van der Waals surface area contributed by atoms with Gasteiger partial charge >= 0.3 is 0 Å². The molecular weight excluding hydrogens is 190 g/mol. The van der Waals surface area contributed by atoms with Crippen LogP contribution in [0.15, 0.2) is 0 Å². The van der Waals surface area contributed by atoms with E-state index in [0.717, 1.165) is 13.0 Å². The number of carbonyl (C=O) groups excluding carboxylic acids is 1. The van der Waals surface area contributed by atoms with Gasteiger partial charge in [-0.15, -0.1) is 0 Å². The molecule has 1 atom stereocenters. The normalized spacial score (nSPS) is 20.3. The molecule has 0 heterocycles. The maximum Gasteiger partial charge on any atom is 0.238 e. The summed E-state index contributed by atoms with van der Waals surface area (Å²) in [7, 11) is 2.06. The molecule has 4 heteroatoms. The molecule has 4 nitrogen and oxygen atoms in total. The highest BCUT2D eigenvalue weighted by molar-refractivity contribution is 5.84. The van der Waals surface area contributed by atoms with Gasteiger partial charge in [-0.05, 0) is 39.8 Å². The molecule has 1 aliphatic rings. The van der Waals surface area contributed by atoms with Crippen LogP contribution in [0.1, 0.15) is 33.1 Å². The van der Waals surface area contributed by atoms with Gasteiger partial charge in [0.2, 0.25) is 5.91 Å². The van der Waals surface area contributed by atoms with E-state index >= 15 is 0 Å². The minimum Gasteiger partial charge on any atom is -0.368 e. The molecule has 1 unspecified atom stereocenters. The van der Waals surface area contributed by atoms with Crippen LogP contribution in [0.25, 0.3) is 0 Å². The summed E-state index contributed by atoms with van der Waals surface area (Å²) in [5.74, 6) is -0.261. The van der Waals surface area contributed by atoms with Crippen molar-refractivity contribution < 1.29 is 4.79 Å². The van der Waals surface area contributed by atoms with Crippen LogP contribution < -0.4 is 11.1 Å². The standard InChI is InChI=1S/C11H23N3O/c1-4-7-13-11(2,10(12)15)8-14(3)9-5-6-9/h9,13H,4-8H2,1-3H3,(H2,12,15). The molecule has 1 aliphatic carbocycles. The van der Waals surface area contributed by atoms with E-state index < -0.39 is 5.54 Å². The first-order chi connectivity index (χ1) is 6.99. The van der Waals surface area contributed by atoms with Crippen molar-refractivity contribution in [3.63, 3.8) is 0 Å². The zero-order chi connectivity index (χ0) is 11.5. The van der Waals surface area contributed by atoms with Gasteiger partial charge in [0.15, 0.2) is 0 Å². The average molecular weight is 213 g/mol. The van der Waals surface area contributed by atoms with Gasteiger partial charge in [-0.3, -0.25) is 4.79 Å². The summed E-state index contributed by atoms with van der Waals surface area (Å²) in [6.07, 6.45) is 3.51. The van der Waals surface area contributed by atoms with E-state index in [4.69, 9.17) is 5.73 Å². The second-order valence-electron chi connectivity index (χ2n) is 4.77. The Morgan fingerprint density at radius 3 is 2.60 bits per heavy atom. The first-order valence-electron chi connectivity index (χ1n) is 5.75. The predicted octanol–water partition coefficient (Wildman–Crippen LogP) is 0.324. The predicted molar refractivity (Wildman–Crippen MR) is 61.5 cm³/mol. The summed E-state index contributed by atoms with van der Waals surface area (Å²) in [5, 5.41) is 3.24. The summed E-state index contributed by atoms with van der Waals surface area (Å²) < 4.78 is 0. The minimum atomic E-state index is -0.590. The molecule has 3 N–H and O–H groups in total. The topological polar surface area (TPSA) is 58.4 Å². The number of nitrogens with one attached hydrogen (secondary N) is 1. The third-order valence-electron chi connectivity index (χ3n) is 3.04. The van der Waals surface area contributed by atoms with Gasteiger partial charge in [0.05, 0.1) is 0 Å². The lowest BCUT2D eigenvalue weighted by molar-refractivity contribution is -0.124. The highest BCUT2D eigenvalue weighted by atomic mass is 16.1. The van der Waals surface area contributed by atoms with Gasteiger partial charge in [-0.25, -0.2) is 0 Å². The summed E-state index contributed by atoms with van der Waals surface area (Å²) in [5.41, 5.74) is 4.86. The monoisotopic (exact) mass is 213 g/mol. The fourth-order valence-corrected chi connectivity index (χ4v) is 1.77. The molecule has 0 radical (unpaired) electrons. The quantitative estimate of drug-likeness (QED) is 0.640. The SMILES string of the molecule is CCCNC(C)(CN(C)C1CC1)C(N)=O. The number of nitrogens with zero attached hydrogens (tertiary/aromatic N) is 1. The van der Waals surface area contributed by atoms with Gasteiger partial charge in [-0.2, -0.15) is 0 Å². The molecular formula is C11H23N3O. The number of nitrogens with two attached hydrogens (primary N) is 1. The molecule has 0 bridgehead atoms. The molecule has 0 aromatic heterocycles. The number of likely N-dealkylation sites (N-methyl/N-ethyl adjacent to an activating group) is 1. The second kappa shape index (κ2) is 4.94.